The Kier molecular flexibility index (Phi) is 5.43. The molecule has 0 aliphatic heterocycles. The number of carbonyl (C=O) groups is 1. The molecular formula is C20H25NO2. The van der Waals surface area contributed by atoms with Crippen LogP contribution in [0.1, 0.15) is 40.8 Å². The summed E-state index contributed by atoms with van der Waals surface area (Å²) in [5, 5.41) is 3.09. The van der Waals surface area contributed by atoms with Gasteiger partial charge in [-0.1, -0.05) is 24.3 Å². The summed E-state index contributed by atoms with van der Waals surface area (Å²) in [6.07, 6.45) is 0.373. The van der Waals surface area contributed by atoms with Gasteiger partial charge < -0.3 is 10.1 Å². The molecule has 2 aromatic carbocycles. The monoisotopic (exact) mass is 311 g/mol. The van der Waals surface area contributed by atoms with E-state index in [4.69, 9.17) is 4.74 Å². The number of hydrogen-bond donors (Lipinski definition) is 1. The number of carbonyl (C=O) groups excluding carboxylic acids is 1. The minimum absolute atomic E-state index is 0.0000448. The smallest absolute Gasteiger partial charge is 0.224 e. The summed E-state index contributed by atoms with van der Waals surface area (Å²) in [5.41, 5.74) is 5.90. The fraction of sp³-hybridized carbons (Fsp3) is 0.350. The molecule has 1 amide bonds. The molecule has 2 rings (SSSR count). The van der Waals surface area contributed by atoms with Gasteiger partial charge in [0.15, 0.2) is 0 Å². The first kappa shape index (κ1) is 17.1. The van der Waals surface area contributed by atoms with Crippen LogP contribution in [0.3, 0.4) is 0 Å². The lowest BCUT2D eigenvalue weighted by Crippen LogP contribution is -2.28. The van der Waals surface area contributed by atoms with Crippen molar-refractivity contribution in [3.63, 3.8) is 0 Å². The first-order chi connectivity index (χ1) is 10.9. The van der Waals surface area contributed by atoms with E-state index in [2.05, 4.69) is 38.2 Å². The van der Waals surface area contributed by atoms with Crippen molar-refractivity contribution in [2.45, 2.75) is 40.2 Å². The van der Waals surface area contributed by atoms with Gasteiger partial charge in [-0.25, -0.2) is 0 Å². The van der Waals surface area contributed by atoms with E-state index in [0.29, 0.717) is 6.42 Å². The quantitative estimate of drug-likeness (QED) is 0.905. The number of benzene rings is 2. The lowest BCUT2D eigenvalue weighted by atomic mass is 9.96. The number of aryl methyl sites for hydroxylation is 3. The second-order valence-electron chi connectivity index (χ2n) is 6.11. The molecule has 0 aliphatic carbocycles. The van der Waals surface area contributed by atoms with Crippen LogP contribution < -0.4 is 10.1 Å². The Morgan fingerprint density at radius 3 is 2.26 bits per heavy atom. The molecule has 0 saturated carbocycles. The van der Waals surface area contributed by atoms with E-state index >= 15 is 0 Å². The van der Waals surface area contributed by atoms with Crippen LogP contribution in [0.2, 0.25) is 0 Å². The lowest BCUT2D eigenvalue weighted by Gasteiger charge is -2.18. The molecule has 0 aromatic heterocycles. The van der Waals surface area contributed by atoms with Crippen LogP contribution in [0, 0.1) is 20.8 Å². The van der Waals surface area contributed by atoms with Crippen molar-refractivity contribution in [3.8, 4) is 5.75 Å². The third-order valence-electron chi connectivity index (χ3n) is 4.25. The molecule has 0 radical (unpaired) electrons. The molecule has 1 unspecified atom stereocenters. The Morgan fingerprint density at radius 1 is 1.04 bits per heavy atom. The fourth-order valence-corrected chi connectivity index (χ4v) is 2.75. The minimum atomic E-state index is 0.0000448. The molecule has 0 fully saturated rings. The second kappa shape index (κ2) is 7.32. The van der Waals surface area contributed by atoms with Crippen LogP contribution in [0.25, 0.3) is 0 Å². The molecule has 122 valence electrons. The Balaban J connectivity index is 2.03. The van der Waals surface area contributed by atoms with E-state index in [1.165, 1.54) is 22.3 Å². The van der Waals surface area contributed by atoms with Crippen molar-refractivity contribution in [2.75, 3.05) is 7.11 Å². The van der Waals surface area contributed by atoms with Crippen molar-refractivity contribution in [1.29, 1.82) is 0 Å². The molecule has 0 bridgehead atoms. The Hall–Kier alpha value is -2.29. The molecule has 1 N–H and O–H groups in total. The highest BCUT2D eigenvalue weighted by Gasteiger charge is 2.13. The van der Waals surface area contributed by atoms with Gasteiger partial charge in [0, 0.05) is 0 Å². The summed E-state index contributed by atoms with van der Waals surface area (Å²) in [5.74, 6) is 0.827. The van der Waals surface area contributed by atoms with Crippen molar-refractivity contribution in [2.24, 2.45) is 0 Å². The zero-order valence-corrected chi connectivity index (χ0v) is 14.6. The van der Waals surface area contributed by atoms with Gasteiger partial charge in [-0.15, -0.1) is 0 Å². The number of ether oxygens (including phenoxy) is 1. The summed E-state index contributed by atoms with van der Waals surface area (Å²) in [6, 6.07) is 11.9. The van der Waals surface area contributed by atoms with Crippen molar-refractivity contribution >= 4 is 5.91 Å². The Labute approximate surface area is 138 Å². The maximum atomic E-state index is 12.3. The summed E-state index contributed by atoms with van der Waals surface area (Å²) < 4.78 is 5.13. The number of hydrogen-bond acceptors (Lipinski definition) is 2. The second-order valence-corrected chi connectivity index (χ2v) is 6.11. The lowest BCUT2D eigenvalue weighted by molar-refractivity contribution is -0.121. The summed E-state index contributed by atoms with van der Waals surface area (Å²) in [7, 11) is 1.63. The molecular weight excluding hydrogens is 286 g/mol. The van der Waals surface area contributed by atoms with Crippen molar-refractivity contribution in [3.05, 3.63) is 64.2 Å². The fourth-order valence-electron chi connectivity index (χ4n) is 2.75. The van der Waals surface area contributed by atoms with Gasteiger partial charge in [-0.05, 0) is 67.6 Å². The van der Waals surface area contributed by atoms with Crippen LogP contribution in [0.4, 0.5) is 0 Å². The molecule has 1 atom stereocenters. The zero-order valence-electron chi connectivity index (χ0n) is 14.6. The molecule has 3 heteroatoms. The summed E-state index contributed by atoms with van der Waals surface area (Å²) in [4.78, 5) is 12.3. The maximum absolute atomic E-state index is 12.3. The average molecular weight is 311 g/mol. The number of amides is 1. The van der Waals surface area contributed by atoms with E-state index in [1.807, 2.05) is 31.2 Å². The predicted octanol–water partition coefficient (Wildman–Crippen LogP) is 4.04. The predicted molar refractivity (Wildman–Crippen MR) is 93.9 cm³/mol. The van der Waals surface area contributed by atoms with Gasteiger partial charge in [-0.3, -0.25) is 4.79 Å². The van der Waals surface area contributed by atoms with Gasteiger partial charge in [0.05, 0.1) is 19.6 Å². The van der Waals surface area contributed by atoms with Crippen LogP contribution in [-0.2, 0) is 11.2 Å². The normalized spacial score (nSPS) is 11.9. The van der Waals surface area contributed by atoms with E-state index in [-0.39, 0.29) is 11.9 Å². The van der Waals surface area contributed by atoms with Crippen LogP contribution in [-0.4, -0.2) is 13.0 Å². The Morgan fingerprint density at radius 2 is 1.65 bits per heavy atom. The average Bonchev–Trinajstić information content (AvgIpc) is 2.51. The first-order valence-corrected chi connectivity index (χ1v) is 7.90. The van der Waals surface area contributed by atoms with Gasteiger partial charge in [-0.2, -0.15) is 0 Å². The highest BCUT2D eigenvalue weighted by molar-refractivity contribution is 5.79. The largest absolute Gasteiger partial charge is 0.497 e. The summed E-state index contributed by atoms with van der Waals surface area (Å²) >= 11 is 0. The molecule has 0 spiro atoms. The minimum Gasteiger partial charge on any atom is -0.497 e. The van der Waals surface area contributed by atoms with E-state index in [1.54, 1.807) is 7.11 Å². The highest BCUT2D eigenvalue weighted by atomic mass is 16.5. The maximum Gasteiger partial charge on any atom is 0.224 e. The topological polar surface area (TPSA) is 38.3 Å². The van der Waals surface area contributed by atoms with Gasteiger partial charge in [0.1, 0.15) is 5.75 Å². The third-order valence-corrected chi connectivity index (χ3v) is 4.25. The zero-order chi connectivity index (χ0) is 17.0. The van der Waals surface area contributed by atoms with Gasteiger partial charge >= 0.3 is 0 Å². The molecule has 0 aliphatic rings. The molecule has 2 aromatic rings. The third kappa shape index (κ3) is 4.35. The highest BCUT2D eigenvalue weighted by Crippen LogP contribution is 2.21. The van der Waals surface area contributed by atoms with Crippen LogP contribution in [0.15, 0.2) is 36.4 Å². The summed E-state index contributed by atoms with van der Waals surface area (Å²) in [6.45, 7) is 8.33. The van der Waals surface area contributed by atoms with Gasteiger partial charge in [0.25, 0.3) is 0 Å². The molecule has 0 heterocycles. The van der Waals surface area contributed by atoms with Gasteiger partial charge in [0.2, 0.25) is 5.91 Å². The number of rotatable bonds is 5. The van der Waals surface area contributed by atoms with E-state index in [9.17, 15) is 4.79 Å². The van der Waals surface area contributed by atoms with Crippen molar-refractivity contribution in [1.82, 2.24) is 5.32 Å². The number of methoxy groups -OCH3 is 1. The molecule has 3 nitrogen and oxygen atoms in total. The van der Waals surface area contributed by atoms with Crippen LogP contribution >= 0.6 is 0 Å². The molecule has 0 saturated heterocycles. The number of nitrogens with one attached hydrogen (secondary N) is 1. The van der Waals surface area contributed by atoms with E-state index in [0.717, 1.165) is 11.3 Å². The van der Waals surface area contributed by atoms with E-state index < -0.39 is 0 Å². The standard InChI is InChI=1S/C20H25NO2/c1-13-10-15(3)19(11-14(13)2)16(4)21-20(22)12-17-6-8-18(23-5)9-7-17/h6-11,16H,12H2,1-5H3,(H,21,22). The SMILES string of the molecule is COc1ccc(CC(=O)NC(C)c2cc(C)c(C)cc2C)cc1. The van der Waals surface area contributed by atoms with Crippen LogP contribution in [0.5, 0.6) is 5.75 Å². The molecule has 23 heavy (non-hydrogen) atoms. The van der Waals surface area contributed by atoms with Crippen molar-refractivity contribution < 1.29 is 9.53 Å². The Bertz CT molecular complexity index is 690. The first-order valence-electron chi connectivity index (χ1n) is 7.90.